The lowest BCUT2D eigenvalue weighted by molar-refractivity contribution is 0.109. The van der Waals surface area contributed by atoms with Gasteiger partial charge >= 0.3 is 0 Å². The molecule has 1 aromatic heterocycles. The van der Waals surface area contributed by atoms with E-state index < -0.39 is 11.4 Å². The molecule has 3 aliphatic rings. The minimum absolute atomic E-state index is 0.139. The van der Waals surface area contributed by atoms with Crippen molar-refractivity contribution in [1.29, 1.82) is 0 Å². The molecule has 3 aliphatic heterocycles. The van der Waals surface area contributed by atoms with E-state index in [9.17, 15) is 0 Å². The smallest absolute Gasteiger partial charge is 0.169 e. The Balaban J connectivity index is 1.55. The van der Waals surface area contributed by atoms with Crippen molar-refractivity contribution in [1.82, 2.24) is 4.98 Å². The minimum Gasteiger partial charge on any atom is -0.453 e. The van der Waals surface area contributed by atoms with Gasteiger partial charge in [0.25, 0.3) is 0 Å². The molecule has 180 valence electrons. The van der Waals surface area contributed by atoms with E-state index in [0.29, 0.717) is 30.4 Å². The zero-order valence-electron chi connectivity index (χ0n) is 19.8. The molecule has 1 spiro atoms. The molecule has 0 saturated heterocycles. The fourth-order valence-corrected chi connectivity index (χ4v) is 5.02. The third-order valence-corrected chi connectivity index (χ3v) is 6.64. The van der Waals surface area contributed by atoms with Crippen LogP contribution >= 0.6 is 0 Å². The van der Waals surface area contributed by atoms with Crippen molar-refractivity contribution in [2.24, 2.45) is 10.7 Å². The zero-order valence-corrected chi connectivity index (χ0v) is 19.8. The van der Waals surface area contributed by atoms with Crippen LogP contribution in [0.4, 0.5) is 4.39 Å². The topological polar surface area (TPSA) is 79.0 Å². The Labute approximate surface area is 208 Å². The molecule has 0 saturated carbocycles. The molecule has 3 aromatic rings. The van der Waals surface area contributed by atoms with Crippen LogP contribution < -0.4 is 10.5 Å². The number of nitrogens with two attached hydrogens (primary N) is 1. The maximum absolute atomic E-state index is 15.5. The third-order valence-electron chi connectivity index (χ3n) is 6.64. The van der Waals surface area contributed by atoms with E-state index in [1.807, 2.05) is 30.3 Å². The lowest BCUT2D eigenvalue weighted by atomic mass is 9.78. The predicted octanol–water partition coefficient (Wildman–Crippen LogP) is 4.80. The molecule has 0 radical (unpaired) electrons. The van der Waals surface area contributed by atoms with Crippen LogP contribution in [0.1, 0.15) is 35.6 Å². The van der Waals surface area contributed by atoms with Crippen LogP contribution in [0.2, 0.25) is 0 Å². The molecular formula is C29H24FN3O3. The Bertz CT molecular complexity index is 1500. The molecule has 6 rings (SSSR count). The number of benzene rings is 2. The molecule has 0 fully saturated rings. The lowest BCUT2D eigenvalue weighted by Crippen LogP contribution is -2.42. The summed E-state index contributed by atoms with van der Waals surface area (Å²) in [7, 11) is 0. The standard InChI is InChI=1S/C29H24FN3O3/c1-2-4-18-9-22(14-32-13-18)19-6-7-26-23(10-19)29(17-35-16-27(31)33-29)24-11-21(12-25(30)28(24)36-26)20-5-3-8-34-15-20/h5-7,9-14H,3,8,15-17H2,1H3,(H2,31,33). The largest absolute Gasteiger partial charge is 0.453 e. The van der Waals surface area contributed by atoms with Gasteiger partial charge in [-0.3, -0.25) is 9.98 Å². The number of rotatable bonds is 2. The Morgan fingerprint density at radius 2 is 1.89 bits per heavy atom. The Morgan fingerprint density at radius 1 is 1.00 bits per heavy atom. The van der Waals surface area contributed by atoms with Gasteiger partial charge in [0.15, 0.2) is 11.6 Å². The fourth-order valence-electron chi connectivity index (χ4n) is 5.02. The quantitative estimate of drug-likeness (QED) is 0.532. The van der Waals surface area contributed by atoms with Gasteiger partial charge in [0.2, 0.25) is 0 Å². The first kappa shape index (κ1) is 22.5. The maximum Gasteiger partial charge on any atom is 0.169 e. The van der Waals surface area contributed by atoms with Crippen LogP contribution in [0.15, 0.2) is 59.9 Å². The monoisotopic (exact) mass is 481 g/mol. The molecule has 2 N–H and O–H groups in total. The molecule has 1 unspecified atom stereocenters. The van der Waals surface area contributed by atoms with Crippen LogP contribution in [-0.4, -0.2) is 37.2 Å². The van der Waals surface area contributed by atoms with Gasteiger partial charge in [0.05, 0.1) is 19.8 Å². The van der Waals surface area contributed by atoms with Crippen LogP contribution in [0, 0.1) is 17.7 Å². The summed E-state index contributed by atoms with van der Waals surface area (Å²) in [6, 6.07) is 11.2. The van der Waals surface area contributed by atoms with Crippen LogP contribution in [-0.2, 0) is 15.0 Å². The number of aliphatic imine (C=N–C) groups is 1. The van der Waals surface area contributed by atoms with E-state index in [1.54, 1.807) is 19.3 Å². The number of halogens is 1. The summed E-state index contributed by atoms with van der Waals surface area (Å²) in [5, 5.41) is 0. The van der Waals surface area contributed by atoms with Crippen molar-refractivity contribution < 1.29 is 18.6 Å². The van der Waals surface area contributed by atoms with Gasteiger partial charge in [-0.1, -0.05) is 18.1 Å². The average molecular weight is 482 g/mol. The van der Waals surface area contributed by atoms with Gasteiger partial charge < -0.3 is 19.9 Å². The van der Waals surface area contributed by atoms with E-state index in [0.717, 1.165) is 39.8 Å². The van der Waals surface area contributed by atoms with Gasteiger partial charge in [-0.05, 0) is 60.4 Å². The lowest BCUT2D eigenvalue weighted by Gasteiger charge is -2.40. The SMILES string of the molecule is CC#Cc1cncc(-c2ccc3c(c2)C2(COCC(N)=N2)c2cc(C4=CCCOC4)cc(F)c2O3)c1. The van der Waals surface area contributed by atoms with Crippen molar-refractivity contribution >= 4 is 11.4 Å². The Kier molecular flexibility index (Phi) is 5.56. The molecule has 6 nitrogen and oxygen atoms in total. The highest BCUT2D eigenvalue weighted by molar-refractivity contribution is 5.84. The highest BCUT2D eigenvalue weighted by Crippen LogP contribution is 2.52. The predicted molar refractivity (Wildman–Crippen MR) is 135 cm³/mol. The summed E-state index contributed by atoms with van der Waals surface area (Å²) in [5.41, 5.74) is 10.8. The van der Waals surface area contributed by atoms with Gasteiger partial charge in [-0.25, -0.2) is 4.39 Å². The van der Waals surface area contributed by atoms with Crippen LogP contribution in [0.25, 0.3) is 16.7 Å². The molecule has 1 atom stereocenters. The van der Waals surface area contributed by atoms with Gasteiger partial charge in [-0.15, -0.1) is 5.92 Å². The third kappa shape index (κ3) is 3.76. The average Bonchev–Trinajstić information content (AvgIpc) is 2.90. The van der Waals surface area contributed by atoms with E-state index in [2.05, 4.69) is 22.9 Å². The molecule has 2 aromatic carbocycles. The number of fused-ring (bicyclic) bond motifs is 4. The zero-order chi connectivity index (χ0) is 24.7. The van der Waals surface area contributed by atoms with Crippen molar-refractivity contribution in [2.45, 2.75) is 18.9 Å². The number of ether oxygens (including phenoxy) is 3. The maximum atomic E-state index is 15.5. The summed E-state index contributed by atoms with van der Waals surface area (Å²) in [6.45, 7) is 3.31. The first-order valence-corrected chi connectivity index (χ1v) is 11.8. The van der Waals surface area contributed by atoms with Crippen molar-refractivity contribution in [2.75, 3.05) is 26.4 Å². The molecule has 0 amide bonds. The van der Waals surface area contributed by atoms with Crippen molar-refractivity contribution in [3.63, 3.8) is 0 Å². The number of hydrogen-bond donors (Lipinski definition) is 1. The number of hydrogen-bond acceptors (Lipinski definition) is 6. The van der Waals surface area contributed by atoms with Crippen molar-refractivity contribution in [3.8, 4) is 34.5 Å². The van der Waals surface area contributed by atoms with Gasteiger partial charge in [-0.2, -0.15) is 0 Å². The Morgan fingerprint density at radius 3 is 2.69 bits per heavy atom. The highest BCUT2D eigenvalue weighted by Gasteiger charge is 2.46. The molecule has 0 bridgehead atoms. The second-order valence-corrected chi connectivity index (χ2v) is 9.01. The van der Waals surface area contributed by atoms with Crippen LogP contribution in [0.3, 0.4) is 0 Å². The summed E-state index contributed by atoms with van der Waals surface area (Å²) >= 11 is 0. The van der Waals surface area contributed by atoms with E-state index in [1.165, 1.54) is 6.07 Å². The van der Waals surface area contributed by atoms with Gasteiger partial charge in [0, 0.05) is 34.6 Å². The first-order chi connectivity index (χ1) is 17.6. The summed E-state index contributed by atoms with van der Waals surface area (Å²) in [6.07, 6.45) is 6.38. The second kappa shape index (κ2) is 8.90. The van der Waals surface area contributed by atoms with Crippen molar-refractivity contribution in [3.05, 3.63) is 82.9 Å². The fraction of sp³-hybridized carbons (Fsp3) is 0.241. The van der Waals surface area contributed by atoms with E-state index in [-0.39, 0.29) is 19.0 Å². The molecular weight excluding hydrogens is 457 g/mol. The number of amidine groups is 1. The minimum atomic E-state index is -1.05. The van der Waals surface area contributed by atoms with Crippen LogP contribution in [0.5, 0.6) is 11.5 Å². The van der Waals surface area contributed by atoms with Gasteiger partial charge in [0.1, 0.15) is 23.7 Å². The second-order valence-electron chi connectivity index (χ2n) is 9.01. The highest BCUT2D eigenvalue weighted by atomic mass is 19.1. The Hall–Kier alpha value is -3.99. The molecule has 36 heavy (non-hydrogen) atoms. The normalized spacial score (nSPS) is 20.3. The first-order valence-electron chi connectivity index (χ1n) is 11.8. The molecule has 7 heteroatoms. The summed E-state index contributed by atoms with van der Waals surface area (Å²) in [4.78, 5) is 9.24. The molecule has 0 aliphatic carbocycles. The summed E-state index contributed by atoms with van der Waals surface area (Å²) in [5.74, 6) is 6.49. The number of pyridine rings is 1. The number of nitrogens with zero attached hydrogens (tertiary/aromatic N) is 2. The number of aromatic nitrogens is 1. The summed E-state index contributed by atoms with van der Waals surface area (Å²) < 4.78 is 33.2. The van der Waals surface area contributed by atoms with E-state index in [4.69, 9.17) is 24.9 Å². The van der Waals surface area contributed by atoms with E-state index >= 15 is 4.39 Å². The molecule has 4 heterocycles.